The van der Waals surface area contributed by atoms with E-state index in [1.165, 1.54) is 6.42 Å². The fourth-order valence-corrected chi connectivity index (χ4v) is 2.91. The van der Waals surface area contributed by atoms with Crippen LogP contribution in [0.5, 0.6) is 0 Å². The summed E-state index contributed by atoms with van der Waals surface area (Å²) in [4.78, 5) is 12.2. The van der Waals surface area contributed by atoms with Crippen LogP contribution in [0.4, 0.5) is 0 Å². The van der Waals surface area contributed by atoms with Gasteiger partial charge >= 0.3 is 0 Å². The second-order valence-corrected chi connectivity index (χ2v) is 5.69. The molecule has 1 heterocycles. The Bertz CT molecular complexity index is 431. The number of aromatic amines is 1. The zero-order valence-electron chi connectivity index (χ0n) is 12.2. The highest BCUT2D eigenvalue weighted by Crippen LogP contribution is 2.23. The lowest BCUT2D eigenvalue weighted by atomic mass is 9.95. The first kappa shape index (κ1) is 15.0. The Morgan fingerprint density at radius 3 is 3.00 bits per heavy atom. The quantitative estimate of drug-likeness (QED) is 0.722. The topological polar surface area (TPSA) is 78.0 Å². The third-order valence-electron chi connectivity index (χ3n) is 4.09. The van der Waals surface area contributed by atoms with Gasteiger partial charge in [0.15, 0.2) is 0 Å². The molecule has 0 bridgehead atoms. The monoisotopic (exact) mass is 279 g/mol. The second-order valence-electron chi connectivity index (χ2n) is 5.69. The number of H-pyrrole nitrogens is 1. The van der Waals surface area contributed by atoms with Crippen molar-refractivity contribution in [3.05, 3.63) is 17.5 Å². The molecule has 1 fully saturated rings. The number of nitrogens with one attached hydrogen (secondary N) is 2. The van der Waals surface area contributed by atoms with Gasteiger partial charge in [0.05, 0.1) is 0 Å². The number of aryl methyl sites for hydroxylation is 1. The van der Waals surface area contributed by atoms with Gasteiger partial charge in [-0.2, -0.15) is 5.10 Å². The van der Waals surface area contributed by atoms with Crippen LogP contribution in [0, 0.1) is 5.92 Å². The van der Waals surface area contributed by atoms with Crippen molar-refractivity contribution in [2.24, 2.45) is 5.92 Å². The molecule has 112 valence electrons. The summed E-state index contributed by atoms with van der Waals surface area (Å²) in [6.45, 7) is 2.24. The van der Waals surface area contributed by atoms with E-state index in [4.69, 9.17) is 0 Å². The molecule has 1 aliphatic rings. The molecule has 0 radical (unpaired) electrons. The van der Waals surface area contributed by atoms with Crippen molar-refractivity contribution < 1.29 is 9.90 Å². The van der Waals surface area contributed by atoms with Crippen molar-refractivity contribution in [2.75, 3.05) is 6.61 Å². The van der Waals surface area contributed by atoms with E-state index in [2.05, 4.69) is 22.4 Å². The van der Waals surface area contributed by atoms with Crippen molar-refractivity contribution in [1.29, 1.82) is 0 Å². The second kappa shape index (κ2) is 7.43. The maximum atomic E-state index is 12.2. The van der Waals surface area contributed by atoms with Gasteiger partial charge < -0.3 is 10.4 Å². The maximum absolute atomic E-state index is 12.2. The molecule has 0 aliphatic heterocycles. The van der Waals surface area contributed by atoms with E-state index >= 15 is 0 Å². The molecule has 0 unspecified atom stereocenters. The van der Waals surface area contributed by atoms with Gasteiger partial charge in [0, 0.05) is 24.3 Å². The van der Waals surface area contributed by atoms with Gasteiger partial charge in [0.25, 0.3) is 5.91 Å². The molecule has 1 aromatic heterocycles. The zero-order chi connectivity index (χ0) is 14.4. The number of carbonyl (C=O) groups is 1. The molecular formula is C15H25N3O2. The Kier molecular flexibility index (Phi) is 5.59. The number of aromatic nitrogens is 2. The lowest BCUT2D eigenvalue weighted by Crippen LogP contribution is -2.41. The van der Waals surface area contributed by atoms with Gasteiger partial charge in [-0.15, -0.1) is 0 Å². The number of nitrogens with zero attached hydrogens (tertiary/aromatic N) is 1. The van der Waals surface area contributed by atoms with Gasteiger partial charge in [-0.1, -0.05) is 32.6 Å². The summed E-state index contributed by atoms with van der Waals surface area (Å²) >= 11 is 0. The highest BCUT2D eigenvalue weighted by atomic mass is 16.3. The molecule has 0 aromatic carbocycles. The van der Waals surface area contributed by atoms with Crippen molar-refractivity contribution in [3.63, 3.8) is 0 Å². The van der Waals surface area contributed by atoms with Gasteiger partial charge in [0.2, 0.25) is 0 Å². The maximum Gasteiger partial charge on any atom is 0.272 e. The van der Waals surface area contributed by atoms with Crippen LogP contribution in [0.15, 0.2) is 6.07 Å². The number of amides is 1. The molecule has 1 amide bonds. The predicted octanol–water partition coefficient (Wildman–Crippen LogP) is 2.03. The number of rotatable bonds is 5. The van der Waals surface area contributed by atoms with E-state index in [-0.39, 0.29) is 24.5 Å². The molecule has 2 rings (SSSR count). The van der Waals surface area contributed by atoms with Gasteiger partial charge in [0.1, 0.15) is 5.69 Å². The Morgan fingerprint density at radius 1 is 1.45 bits per heavy atom. The molecule has 1 saturated carbocycles. The molecular weight excluding hydrogens is 254 g/mol. The SMILES string of the molecule is CCCc1cc(C(=O)N[C@@H]2CCCCC[C@H]2CO)n[nH]1. The number of hydrogen-bond donors (Lipinski definition) is 3. The van der Waals surface area contributed by atoms with Crippen LogP contribution in [-0.2, 0) is 6.42 Å². The molecule has 2 atom stereocenters. The van der Waals surface area contributed by atoms with Crippen molar-refractivity contribution >= 4 is 5.91 Å². The smallest absolute Gasteiger partial charge is 0.272 e. The molecule has 0 saturated heterocycles. The number of hydrogen-bond acceptors (Lipinski definition) is 3. The summed E-state index contributed by atoms with van der Waals surface area (Å²) in [6.07, 6.45) is 7.31. The standard InChI is InChI=1S/C15H25N3O2/c1-2-6-12-9-14(18-17-12)15(20)16-13-8-5-3-4-7-11(13)10-19/h9,11,13,19H,2-8,10H2,1H3,(H,16,20)(H,17,18)/t11-,13+/m0/s1. The average molecular weight is 279 g/mol. The average Bonchev–Trinajstić information content (AvgIpc) is 2.79. The molecule has 1 aromatic rings. The first-order chi connectivity index (χ1) is 9.74. The molecule has 5 heteroatoms. The summed E-state index contributed by atoms with van der Waals surface area (Å²) in [5.74, 6) is 0.0458. The summed E-state index contributed by atoms with van der Waals surface area (Å²) in [5.41, 5.74) is 1.45. The summed E-state index contributed by atoms with van der Waals surface area (Å²) in [6, 6.07) is 1.89. The fourth-order valence-electron chi connectivity index (χ4n) is 2.91. The molecule has 5 nitrogen and oxygen atoms in total. The third kappa shape index (κ3) is 3.82. The Hall–Kier alpha value is -1.36. The highest BCUT2D eigenvalue weighted by Gasteiger charge is 2.25. The first-order valence-corrected chi connectivity index (χ1v) is 7.70. The van der Waals surface area contributed by atoms with Crippen LogP contribution < -0.4 is 5.32 Å². The molecule has 20 heavy (non-hydrogen) atoms. The number of carbonyl (C=O) groups excluding carboxylic acids is 1. The van der Waals surface area contributed by atoms with Crippen LogP contribution in [0.3, 0.4) is 0 Å². The predicted molar refractivity (Wildman–Crippen MR) is 77.5 cm³/mol. The minimum atomic E-state index is -0.131. The fraction of sp³-hybridized carbons (Fsp3) is 0.733. The number of aliphatic hydroxyl groups excluding tert-OH is 1. The van der Waals surface area contributed by atoms with E-state index in [0.717, 1.165) is 44.2 Å². The summed E-state index contributed by atoms with van der Waals surface area (Å²) in [7, 11) is 0. The van der Waals surface area contributed by atoms with E-state index in [1.807, 2.05) is 6.07 Å². The van der Waals surface area contributed by atoms with Crippen LogP contribution in [0.25, 0.3) is 0 Å². The van der Waals surface area contributed by atoms with E-state index in [1.54, 1.807) is 0 Å². The van der Waals surface area contributed by atoms with Crippen molar-refractivity contribution in [1.82, 2.24) is 15.5 Å². The number of aliphatic hydroxyl groups is 1. The Morgan fingerprint density at radius 2 is 2.25 bits per heavy atom. The van der Waals surface area contributed by atoms with Crippen molar-refractivity contribution in [2.45, 2.75) is 57.9 Å². The summed E-state index contributed by atoms with van der Waals surface area (Å²) in [5, 5.41) is 19.5. The normalized spacial score (nSPS) is 23.3. The lowest BCUT2D eigenvalue weighted by molar-refractivity contribution is 0.0894. The Balaban J connectivity index is 1.97. The third-order valence-corrected chi connectivity index (χ3v) is 4.09. The minimum Gasteiger partial charge on any atom is -0.396 e. The van der Waals surface area contributed by atoms with E-state index in [9.17, 15) is 9.90 Å². The van der Waals surface area contributed by atoms with Gasteiger partial charge in [-0.05, 0) is 25.3 Å². The van der Waals surface area contributed by atoms with Crippen LogP contribution in [0.2, 0.25) is 0 Å². The zero-order valence-corrected chi connectivity index (χ0v) is 12.2. The first-order valence-electron chi connectivity index (χ1n) is 7.70. The van der Waals surface area contributed by atoms with Crippen LogP contribution in [0.1, 0.15) is 61.6 Å². The lowest BCUT2D eigenvalue weighted by Gasteiger charge is -2.24. The van der Waals surface area contributed by atoms with Crippen molar-refractivity contribution in [3.8, 4) is 0 Å². The minimum absolute atomic E-state index is 0.0707. The summed E-state index contributed by atoms with van der Waals surface area (Å²) < 4.78 is 0. The van der Waals surface area contributed by atoms with Gasteiger partial charge in [-0.3, -0.25) is 9.89 Å². The molecule has 1 aliphatic carbocycles. The van der Waals surface area contributed by atoms with E-state index < -0.39 is 0 Å². The van der Waals surface area contributed by atoms with Crippen LogP contribution in [-0.4, -0.2) is 33.9 Å². The van der Waals surface area contributed by atoms with Crippen LogP contribution >= 0.6 is 0 Å². The molecule has 3 N–H and O–H groups in total. The highest BCUT2D eigenvalue weighted by molar-refractivity contribution is 5.92. The Labute approximate surface area is 120 Å². The largest absolute Gasteiger partial charge is 0.396 e. The van der Waals surface area contributed by atoms with Gasteiger partial charge in [-0.25, -0.2) is 0 Å². The molecule has 0 spiro atoms. The van der Waals surface area contributed by atoms with E-state index in [0.29, 0.717) is 5.69 Å².